The van der Waals surface area contributed by atoms with Gasteiger partial charge in [-0.05, 0) is 97.8 Å². The van der Waals surface area contributed by atoms with E-state index < -0.39 is 15.9 Å². The van der Waals surface area contributed by atoms with Crippen LogP contribution in [0.2, 0.25) is 0 Å². The number of amides is 1. The smallest absolute Gasteiger partial charge is 0.264 e. The average Bonchev–Trinajstić information content (AvgIpc) is 3.50. The Hall–Kier alpha value is -1.56. The number of nitrogens with one attached hydrogen (secondary N) is 1. The molecule has 0 saturated heterocycles. The van der Waals surface area contributed by atoms with Crippen LogP contribution in [0, 0.1) is 29.6 Å². The zero-order valence-corrected chi connectivity index (χ0v) is 19.2. The molecule has 0 heterocycles. The summed E-state index contributed by atoms with van der Waals surface area (Å²) in [6.45, 7) is 5.46. The molecule has 3 aliphatic rings. The van der Waals surface area contributed by atoms with E-state index in [1.165, 1.54) is 32.1 Å². The van der Waals surface area contributed by atoms with Gasteiger partial charge in [-0.1, -0.05) is 20.3 Å². The van der Waals surface area contributed by atoms with E-state index in [-0.39, 0.29) is 0 Å². The Bertz CT molecular complexity index is 890. The van der Waals surface area contributed by atoms with Crippen molar-refractivity contribution >= 4 is 15.9 Å². The van der Waals surface area contributed by atoms with Crippen molar-refractivity contribution in [3.8, 4) is 5.75 Å². The van der Waals surface area contributed by atoms with E-state index in [9.17, 15) is 13.2 Å². The normalized spacial score (nSPS) is 31.2. The van der Waals surface area contributed by atoms with Gasteiger partial charge >= 0.3 is 0 Å². The summed E-state index contributed by atoms with van der Waals surface area (Å²) in [7, 11) is -3.58. The van der Waals surface area contributed by atoms with Gasteiger partial charge in [0.25, 0.3) is 5.91 Å². The van der Waals surface area contributed by atoms with Crippen LogP contribution in [0.3, 0.4) is 0 Å². The fourth-order valence-corrected chi connectivity index (χ4v) is 6.48. The Labute approximate surface area is 181 Å². The molecule has 0 spiro atoms. The van der Waals surface area contributed by atoms with Gasteiger partial charge in [0.1, 0.15) is 5.75 Å². The predicted molar refractivity (Wildman–Crippen MR) is 118 cm³/mol. The van der Waals surface area contributed by atoms with E-state index in [1.54, 1.807) is 6.07 Å². The molecule has 1 aromatic carbocycles. The fraction of sp³-hybridized carbons (Fsp3) is 0.708. The second kappa shape index (κ2) is 8.52. The largest absolute Gasteiger partial charge is 0.493 e. The maximum atomic E-state index is 12.3. The molecule has 3 saturated carbocycles. The minimum absolute atomic E-state index is 0.378. The quantitative estimate of drug-likeness (QED) is 0.675. The molecule has 5 unspecified atom stereocenters. The standard InChI is InChI=1S/C24H35NO4S/c1-4-17-11-16-9-15(2)10-20(12-16)22(17)14-29-23-8-7-19(13-21(23)18-5-6-18)24(26)25-30(3,27)28/h7-8,13,15-18,20,22H,4-6,9-12,14H2,1-3H3,(H,25,26). The number of ether oxygens (including phenoxy) is 1. The lowest BCUT2D eigenvalue weighted by Gasteiger charge is -2.47. The number of carbonyl (C=O) groups excluding carboxylic acids is 1. The highest BCUT2D eigenvalue weighted by Gasteiger charge is 2.41. The Morgan fingerprint density at radius 1 is 1.17 bits per heavy atom. The summed E-state index contributed by atoms with van der Waals surface area (Å²) in [6, 6.07) is 5.37. The summed E-state index contributed by atoms with van der Waals surface area (Å²) in [6.07, 6.45) is 9.81. The van der Waals surface area contributed by atoms with Gasteiger partial charge in [0.15, 0.2) is 0 Å². The average molecular weight is 434 g/mol. The first kappa shape index (κ1) is 21.7. The predicted octanol–water partition coefficient (Wildman–Crippen LogP) is 4.73. The Balaban J connectivity index is 1.49. The van der Waals surface area contributed by atoms with Crippen molar-refractivity contribution in [2.24, 2.45) is 29.6 Å². The topological polar surface area (TPSA) is 72.5 Å². The second-order valence-electron chi connectivity index (χ2n) is 10.0. The Kier molecular flexibility index (Phi) is 6.16. The van der Waals surface area contributed by atoms with Crippen LogP contribution in [0.25, 0.3) is 0 Å². The van der Waals surface area contributed by atoms with Crippen molar-refractivity contribution in [3.63, 3.8) is 0 Å². The van der Waals surface area contributed by atoms with Crippen LogP contribution in [-0.2, 0) is 10.0 Å². The van der Waals surface area contributed by atoms with Crippen molar-refractivity contribution in [2.45, 2.75) is 64.7 Å². The molecule has 0 radical (unpaired) electrons. The third kappa shape index (κ3) is 5.01. The van der Waals surface area contributed by atoms with Gasteiger partial charge in [0.2, 0.25) is 10.0 Å². The molecule has 1 aromatic rings. The Morgan fingerprint density at radius 2 is 1.93 bits per heavy atom. The second-order valence-corrected chi connectivity index (χ2v) is 11.8. The van der Waals surface area contributed by atoms with Gasteiger partial charge in [0.05, 0.1) is 12.9 Å². The molecule has 0 aromatic heterocycles. The van der Waals surface area contributed by atoms with Crippen LogP contribution < -0.4 is 9.46 Å². The lowest BCUT2D eigenvalue weighted by atomic mass is 9.59. The van der Waals surface area contributed by atoms with Gasteiger partial charge < -0.3 is 4.74 Å². The van der Waals surface area contributed by atoms with Gasteiger partial charge in [-0.15, -0.1) is 0 Å². The molecule has 0 aliphatic heterocycles. The minimum Gasteiger partial charge on any atom is -0.493 e. The zero-order chi connectivity index (χ0) is 21.5. The molecule has 5 atom stereocenters. The first-order chi connectivity index (χ1) is 14.2. The molecule has 4 rings (SSSR count). The van der Waals surface area contributed by atoms with Crippen LogP contribution in [0.15, 0.2) is 18.2 Å². The van der Waals surface area contributed by atoms with Crippen molar-refractivity contribution < 1.29 is 17.9 Å². The van der Waals surface area contributed by atoms with Crippen molar-refractivity contribution in [1.82, 2.24) is 4.72 Å². The fourth-order valence-electron chi connectivity index (χ4n) is 6.02. The third-order valence-electron chi connectivity index (χ3n) is 7.45. The molecule has 30 heavy (non-hydrogen) atoms. The molecule has 3 aliphatic carbocycles. The molecule has 166 valence electrons. The minimum atomic E-state index is -3.58. The number of fused-ring (bicyclic) bond motifs is 2. The first-order valence-electron chi connectivity index (χ1n) is 11.5. The van der Waals surface area contributed by atoms with E-state index >= 15 is 0 Å². The summed E-state index contributed by atoms with van der Waals surface area (Å²) in [5.41, 5.74) is 1.43. The SMILES string of the molecule is CCC1CC2CC(C)CC(C2)C1COc1ccc(C(=O)NS(C)(=O)=O)cc1C1CC1. The highest BCUT2D eigenvalue weighted by atomic mass is 32.2. The van der Waals surface area contributed by atoms with Crippen LogP contribution in [0.5, 0.6) is 5.75 Å². The lowest BCUT2D eigenvalue weighted by molar-refractivity contribution is 0.0112. The summed E-state index contributed by atoms with van der Waals surface area (Å²) in [5.74, 6) is 4.54. The molecular formula is C24H35NO4S. The van der Waals surface area contributed by atoms with Crippen LogP contribution in [0.4, 0.5) is 0 Å². The van der Waals surface area contributed by atoms with E-state index in [0.717, 1.165) is 60.7 Å². The molecule has 1 amide bonds. The molecule has 1 N–H and O–H groups in total. The van der Waals surface area contributed by atoms with E-state index in [2.05, 4.69) is 18.6 Å². The molecule has 2 bridgehead atoms. The third-order valence-corrected chi connectivity index (χ3v) is 8.00. The first-order valence-corrected chi connectivity index (χ1v) is 13.4. The van der Waals surface area contributed by atoms with E-state index in [4.69, 9.17) is 4.74 Å². The van der Waals surface area contributed by atoms with Gasteiger partial charge in [-0.3, -0.25) is 4.79 Å². The maximum absolute atomic E-state index is 12.3. The molecule has 5 nitrogen and oxygen atoms in total. The van der Waals surface area contributed by atoms with Gasteiger partial charge in [0, 0.05) is 5.56 Å². The van der Waals surface area contributed by atoms with Gasteiger partial charge in [-0.25, -0.2) is 13.1 Å². The Morgan fingerprint density at radius 3 is 2.60 bits per heavy atom. The van der Waals surface area contributed by atoms with Crippen molar-refractivity contribution in [1.29, 1.82) is 0 Å². The number of carbonyl (C=O) groups is 1. The summed E-state index contributed by atoms with van der Waals surface area (Å²) < 4.78 is 31.3. The van der Waals surface area contributed by atoms with Crippen LogP contribution in [0.1, 0.15) is 80.6 Å². The number of hydrogen-bond acceptors (Lipinski definition) is 4. The van der Waals surface area contributed by atoms with Gasteiger partial charge in [-0.2, -0.15) is 0 Å². The van der Waals surface area contributed by atoms with Crippen LogP contribution in [-0.4, -0.2) is 27.2 Å². The number of hydrogen-bond donors (Lipinski definition) is 1. The lowest BCUT2D eigenvalue weighted by Crippen LogP contribution is -2.40. The van der Waals surface area contributed by atoms with Crippen molar-refractivity contribution in [3.05, 3.63) is 29.3 Å². The summed E-state index contributed by atoms with van der Waals surface area (Å²) >= 11 is 0. The monoisotopic (exact) mass is 433 g/mol. The highest BCUT2D eigenvalue weighted by Crippen LogP contribution is 2.50. The number of rotatable bonds is 7. The molecule has 3 fully saturated rings. The van der Waals surface area contributed by atoms with E-state index in [1.807, 2.05) is 12.1 Å². The summed E-state index contributed by atoms with van der Waals surface area (Å²) in [4.78, 5) is 12.3. The zero-order valence-electron chi connectivity index (χ0n) is 18.4. The van der Waals surface area contributed by atoms with Crippen LogP contribution >= 0.6 is 0 Å². The molecular weight excluding hydrogens is 398 g/mol. The summed E-state index contributed by atoms with van der Waals surface area (Å²) in [5, 5.41) is 0. The highest BCUT2D eigenvalue weighted by molar-refractivity contribution is 7.89. The number of sulfonamides is 1. The van der Waals surface area contributed by atoms with Crippen molar-refractivity contribution in [2.75, 3.05) is 12.9 Å². The van der Waals surface area contributed by atoms with E-state index in [0.29, 0.717) is 17.4 Å². The molecule has 6 heteroatoms. The maximum Gasteiger partial charge on any atom is 0.264 e. The number of benzene rings is 1.